The highest BCUT2D eigenvalue weighted by Crippen LogP contribution is 2.39. The van der Waals surface area contributed by atoms with E-state index in [0.717, 1.165) is 50.2 Å². The van der Waals surface area contributed by atoms with Gasteiger partial charge in [0.2, 0.25) is 5.91 Å². The zero-order valence-corrected chi connectivity index (χ0v) is 14.3. The second kappa shape index (κ2) is 7.12. The highest BCUT2D eigenvalue weighted by molar-refractivity contribution is 5.86. The zero-order chi connectivity index (χ0) is 17.0. The van der Waals surface area contributed by atoms with Gasteiger partial charge in [0.1, 0.15) is 11.2 Å². The molecule has 1 saturated carbocycles. The molecular weight excluding hydrogens is 302 g/mol. The van der Waals surface area contributed by atoms with E-state index >= 15 is 0 Å². The van der Waals surface area contributed by atoms with Gasteiger partial charge >= 0.3 is 0 Å². The van der Waals surface area contributed by atoms with Crippen molar-refractivity contribution in [3.63, 3.8) is 0 Å². The standard InChI is InChI=1S/C19H25N3O2/c1-2-24-17-8-4-3-7-16(17)21-11-13-22(14-12-21)18(23)19(15-20)9-5-6-10-19/h3-4,7-8H,2,5-6,9-14H2,1H3. The number of carbonyl (C=O) groups excluding carboxylic acids is 1. The third-order valence-electron chi connectivity index (χ3n) is 5.15. The molecule has 1 saturated heterocycles. The van der Waals surface area contributed by atoms with E-state index in [1.165, 1.54) is 0 Å². The number of rotatable bonds is 4. The molecule has 5 nitrogen and oxygen atoms in total. The number of hydrogen-bond donors (Lipinski definition) is 0. The fourth-order valence-corrected chi connectivity index (χ4v) is 3.80. The highest BCUT2D eigenvalue weighted by atomic mass is 16.5. The molecule has 0 N–H and O–H groups in total. The number of anilines is 1. The van der Waals surface area contributed by atoms with Crippen molar-refractivity contribution in [3.05, 3.63) is 24.3 Å². The lowest BCUT2D eigenvalue weighted by atomic mass is 9.86. The molecule has 0 bridgehead atoms. The Morgan fingerprint density at radius 1 is 1.21 bits per heavy atom. The van der Waals surface area contributed by atoms with E-state index < -0.39 is 5.41 Å². The fourth-order valence-electron chi connectivity index (χ4n) is 3.80. The molecule has 128 valence electrons. The van der Waals surface area contributed by atoms with Crippen LogP contribution in [0.2, 0.25) is 0 Å². The Bertz CT molecular complexity index is 624. The Hall–Kier alpha value is -2.22. The number of carbonyl (C=O) groups is 1. The Labute approximate surface area is 143 Å². The van der Waals surface area contributed by atoms with Gasteiger partial charge in [-0.2, -0.15) is 5.26 Å². The summed E-state index contributed by atoms with van der Waals surface area (Å²) in [5, 5.41) is 9.52. The van der Waals surface area contributed by atoms with Crippen LogP contribution in [0, 0.1) is 16.7 Å². The summed E-state index contributed by atoms with van der Waals surface area (Å²) in [5.41, 5.74) is 0.327. The predicted octanol–water partition coefficient (Wildman–Crippen LogP) is 2.82. The topological polar surface area (TPSA) is 56.6 Å². The number of hydrogen-bond acceptors (Lipinski definition) is 4. The van der Waals surface area contributed by atoms with Crippen LogP contribution in [0.3, 0.4) is 0 Å². The average molecular weight is 327 g/mol. The average Bonchev–Trinajstić information content (AvgIpc) is 3.12. The van der Waals surface area contributed by atoms with Gasteiger partial charge in [0, 0.05) is 26.2 Å². The number of nitrogens with zero attached hydrogens (tertiary/aromatic N) is 3. The maximum Gasteiger partial charge on any atom is 0.243 e. The molecule has 3 rings (SSSR count). The number of amides is 1. The molecule has 0 spiro atoms. The van der Waals surface area contributed by atoms with Gasteiger partial charge in [0.25, 0.3) is 0 Å². The summed E-state index contributed by atoms with van der Waals surface area (Å²) in [6, 6.07) is 10.4. The Morgan fingerprint density at radius 2 is 1.88 bits per heavy atom. The first-order valence-corrected chi connectivity index (χ1v) is 8.87. The summed E-state index contributed by atoms with van der Waals surface area (Å²) >= 11 is 0. The number of benzene rings is 1. The monoisotopic (exact) mass is 327 g/mol. The number of piperazine rings is 1. The van der Waals surface area contributed by atoms with Crippen LogP contribution in [0.1, 0.15) is 32.6 Å². The lowest BCUT2D eigenvalue weighted by molar-refractivity contribution is -0.139. The van der Waals surface area contributed by atoms with Crippen LogP contribution >= 0.6 is 0 Å². The first kappa shape index (κ1) is 16.6. The first-order valence-electron chi connectivity index (χ1n) is 8.87. The Kier molecular flexibility index (Phi) is 4.94. The van der Waals surface area contributed by atoms with Gasteiger partial charge in [0.05, 0.1) is 18.4 Å². The molecule has 0 radical (unpaired) electrons. The summed E-state index contributed by atoms with van der Waals surface area (Å²) in [6.07, 6.45) is 3.41. The van der Waals surface area contributed by atoms with Crippen LogP contribution < -0.4 is 9.64 Å². The van der Waals surface area contributed by atoms with E-state index in [1.54, 1.807) is 0 Å². The van der Waals surface area contributed by atoms with E-state index in [4.69, 9.17) is 4.74 Å². The Balaban J connectivity index is 1.66. The van der Waals surface area contributed by atoms with Gasteiger partial charge in [-0.15, -0.1) is 0 Å². The van der Waals surface area contributed by atoms with Crippen molar-refractivity contribution in [1.82, 2.24) is 4.90 Å². The second-order valence-electron chi connectivity index (χ2n) is 6.58. The van der Waals surface area contributed by atoms with E-state index in [0.29, 0.717) is 19.7 Å². The van der Waals surface area contributed by atoms with Crippen molar-refractivity contribution >= 4 is 11.6 Å². The van der Waals surface area contributed by atoms with E-state index in [2.05, 4.69) is 17.0 Å². The highest BCUT2D eigenvalue weighted by Gasteiger charge is 2.44. The van der Waals surface area contributed by atoms with Crippen LogP contribution in [0.15, 0.2) is 24.3 Å². The second-order valence-corrected chi connectivity index (χ2v) is 6.58. The summed E-state index contributed by atoms with van der Waals surface area (Å²) < 4.78 is 5.71. The molecule has 1 aliphatic heterocycles. The van der Waals surface area contributed by atoms with Crippen LogP contribution in [-0.4, -0.2) is 43.6 Å². The normalized spacial score (nSPS) is 19.8. The molecule has 1 heterocycles. The maximum absolute atomic E-state index is 12.8. The largest absolute Gasteiger partial charge is 0.492 e. The minimum atomic E-state index is -0.759. The third kappa shape index (κ3) is 3.06. The summed E-state index contributed by atoms with van der Waals surface area (Å²) in [4.78, 5) is 17.0. The van der Waals surface area contributed by atoms with Gasteiger partial charge in [0.15, 0.2) is 0 Å². The smallest absolute Gasteiger partial charge is 0.243 e. The molecule has 24 heavy (non-hydrogen) atoms. The molecule has 1 aliphatic carbocycles. The summed E-state index contributed by atoms with van der Waals surface area (Å²) in [5.74, 6) is 0.935. The van der Waals surface area contributed by atoms with Crippen LogP contribution in [0.25, 0.3) is 0 Å². The molecule has 1 aromatic rings. The quantitative estimate of drug-likeness (QED) is 0.853. The summed E-state index contributed by atoms with van der Waals surface area (Å²) in [7, 11) is 0. The predicted molar refractivity (Wildman–Crippen MR) is 92.9 cm³/mol. The van der Waals surface area contributed by atoms with Crippen molar-refractivity contribution < 1.29 is 9.53 Å². The third-order valence-corrected chi connectivity index (χ3v) is 5.15. The lowest BCUT2D eigenvalue weighted by Crippen LogP contribution is -2.52. The van der Waals surface area contributed by atoms with Crippen molar-refractivity contribution in [2.24, 2.45) is 5.41 Å². The van der Waals surface area contributed by atoms with Crippen molar-refractivity contribution in [3.8, 4) is 11.8 Å². The Morgan fingerprint density at radius 3 is 2.50 bits per heavy atom. The minimum absolute atomic E-state index is 0.0419. The van der Waals surface area contributed by atoms with Crippen molar-refractivity contribution in [2.75, 3.05) is 37.7 Å². The molecule has 2 aliphatic rings. The molecule has 0 atom stereocenters. The SMILES string of the molecule is CCOc1ccccc1N1CCN(C(=O)C2(C#N)CCCC2)CC1. The van der Waals surface area contributed by atoms with Gasteiger partial charge in [-0.25, -0.2) is 0 Å². The molecule has 1 aromatic carbocycles. The number of ether oxygens (including phenoxy) is 1. The molecular formula is C19H25N3O2. The van der Waals surface area contributed by atoms with Crippen molar-refractivity contribution in [1.29, 1.82) is 5.26 Å². The van der Waals surface area contributed by atoms with E-state index in [9.17, 15) is 10.1 Å². The molecule has 1 amide bonds. The molecule has 2 fully saturated rings. The fraction of sp³-hybridized carbons (Fsp3) is 0.579. The van der Waals surface area contributed by atoms with Crippen molar-refractivity contribution in [2.45, 2.75) is 32.6 Å². The minimum Gasteiger partial charge on any atom is -0.492 e. The lowest BCUT2D eigenvalue weighted by Gasteiger charge is -2.39. The number of nitriles is 1. The van der Waals surface area contributed by atoms with Gasteiger partial charge in [-0.1, -0.05) is 25.0 Å². The van der Waals surface area contributed by atoms with Crippen LogP contribution in [0.4, 0.5) is 5.69 Å². The van der Waals surface area contributed by atoms with E-state index in [-0.39, 0.29) is 5.91 Å². The van der Waals surface area contributed by atoms with Crippen LogP contribution in [-0.2, 0) is 4.79 Å². The molecule has 0 aromatic heterocycles. The van der Waals surface area contributed by atoms with Gasteiger partial charge in [-0.3, -0.25) is 4.79 Å². The van der Waals surface area contributed by atoms with Gasteiger partial charge < -0.3 is 14.5 Å². The summed E-state index contributed by atoms with van der Waals surface area (Å²) in [6.45, 7) is 5.51. The maximum atomic E-state index is 12.8. The number of para-hydroxylation sites is 2. The first-order chi connectivity index (χ1) is 11.7. The zero-order valence-electron chi connectivity index (χ0n) is 14.3. The van der Waals surface area contributed by atoms with Crippen LogP contribution in [0.5, 0.6) is 5.75 Å². The van der Waals surface area contributed by atoms with Gasteiger partial charge in [-0.05, 0) is 31.9 Å². The van der Waals surface area contributed by atoms with E-state index in [1.807, 2.05) is 30.0 Å². The molecule has 0 unspecified atom stereocenters. The molecule has 5 heteroatoms.